The van der Waals surface area contributed by atoms with Crippen LogP contribution in [0, 0.1) is 5.82 Å². The molecule has 1 saturated heterocycles. The Morgan fingerprint density at radius 3 is 2.85 bits per heavy atom. The Morgan fingerprint density at radius 2 is 2.11 bits per heavy atom. The van der Waals surface area contributed by atoms with Crippen molar-refractivity contribution in [3.63, 3.8) is 0 Å². The summed E-state index contributed by atoms with van der Waals surface area (Å²) in [5, 5.41) is 2.97. The standard InChI is InChI=1S/C20H25FN4O2/c1-14-15(2)25(10-9-24(14)19-7-8-22-13-18(19)21)20(26)23-12-16-5-4-6-17(11-16)27-3/h4-8,11,13-15H,9-10,12H2,1-3H3,(H,23,26)/t14-,15?/m1/s1. The number of aromatic nitrogens is 1. The van der Waals surface area contributed by atoms with E-state index in [1.807, 2.05) is 43.0 Å². The molecular formula is C20H25FN4O2. The summed E-state index contributed by atoms with van der Waals surface area (Å²) in [4.78, 5) is 20.3. The number of carbonyl (C=O) groups is 1. The van der Waals surface area contributed by atoms with Crippen LogP contribution in [0.5, 0.6) is 5.75 Å². The van der Waals surface area contributed by atoms with Crippen LogP contribution in [0.1, 0.15) is 19.4 Å². The molecule has 1 fully saturated rings. The summed E-state index contributed by atoms with van der Waals surface area (Å²) in [6.07, 6.45) is 2.81. The summed E-state index contributed by atoms with van der Waals surface area (Å²) < 4.78 is 19.3. The predicted octanol–water partition coefficient (Wildman–Crippen LogP) is 3.04. The van der Waals surface area contributed by atoms with Gasteiger partial charge in [0.05, 0.1) is 25.0 Å². The highest BCUT2D eigenvalue weighted by Gasteiger charge is 2.34. The molecule has 27 heavy (non-hydrogen) atoms. The molecule has 0 spiro atoms. The first-order valence-corrected chi connectivity index (χ1v) is 9.05. The molecule has 0 aliphatic carbocycles. The van der Waals surface area contributed by atoms with E-state index in [4.69, 9.17) is 4.74 Å². The van der Waals surface area contributed by atoms with E-state index >= 15 is 0 Å². The molecule has 1 aliphatic heterocycles. The Bertz CT molecular complexity index is 801. The maximum atomic E-state index is 14.1. The van der Waals surface area contributed by atoms with Gasteiger partial charge in [0.2, 0.25) is 0 Å². The van der Waals surface area contributed by atoms with Crippen LogP contribution in [0.25, 0.3) is 0 Å². The number of hydrogen-bond donors (Lipinski definition) is 1. The first kappa shape index (κ1) is 18.9. The van der Waals surface area contributed by atoms with Crippen LogP contribution in [-0.4, -0.2) is 48.2 Å². The molecule has 7 heteroatoms. The molecule has 1 aromatic heterocycles. The van der Waals surface area contributed by atoms with E-state index in [0.29, 0.717) is 25.3 Å². The Labute approximate surface area is 158 Å². The lowest BCUT2D eigenvalue weighted by Crippen LogP contribution is -2.61. The van der Waals surface area contributed by atoms with Crippen molar-refractivity contribution in [1.82, 2.24) is 15.2 Å². The Morgan fingerprint density at radius 1 is 1.30 bits per heavy atom. The quantitative estimate of drug-likeness (QED) is 0.896. The van der Waals surface area contributed by atoms with Gasteiger partial charge in [-0.05, 0) is 37.6 Å². The molecule has 1 aliphatic rings. The van der Waals surface area contributed by atoms with Crippen molar-refractivity contribution in [3.8, 4) is 5.75 Å². The van der Waals surface area contributed by atoms with Crippen LogP contribution >= 0.6 is 0 Å². The molecule has 0 bridgehead atoms. The van der Waals surface area contributed by atoms with Crippen LogP contribution in [0.4, 0.5) is 14.9 Å². The van der Waals surface area contributed by atoms with Crippen molar-refractivity contribution in [2.45, 2.75) is 32.5 Å². The average molecular weight is 372 g/mol. The number of urea groups is 1. The molecule has 3 rings (SSSR count). The summed E-state index contributed by atoms with van der Waals surface area (Å²) >= 11 is 0. The number of rotatable bonds is 4. The van der Waals surface area contributed by atoms with Gasteiger partial charge in [0.15, 0.2) is 5.82 Å². The topological polar surface area (TPSA) is 57.7 Å². The molecule has 1 N–H and O–H groups in total. The van der Waals surface area contributed by atoms with Gasteiger partial charge in [-0.15, -0.1) is 0 Å². The zero-order valence-corrected chi connectivity index (χ0v) is 15.9. The summed E-state index contributed by atoms with van der Waals surface area (Å²) in [5.74, 6) is 0.421. The predicted molar refractivity (Wildman–Crippen MR) is 102 cm³/mol. The number of halogens is 1. The zero-order chi connectivity index (χ0) is 19.4. The monoisotopic (exact) mass is 372 g/mol. The maximum Gasteiger partial charge on any atom is 0.318 e. The third-order valence-corrected chi connectivity index (χ3v) is 5.16. The minimum Gasteiger partial charge on any atom is -0.497 e. The van der Waals surface area contributed by atoms with E-state index < -0.39 is 0 Å². The number of methoxy groups -OCH3 is 1. The third kappa shape index (κ3) is 4.13. The molecule has 2 amide bonds. The number of hydrogen-bond acceptors (Lipinski definition) is 4. The summed E-state index contributed by atoms with van der Waals surface area (Å²) in [6.45, 7) is 5.51. The van der Waals surface area contributed by atoms with Crippen LogP contribution in [0.15, 0.2) is 42.7 Å². The number of carbonyl (C=O) groups excluding carboxylic acids is 1. The average Bonchev–Trinajstić information content (AvgIpc) is 2.69. The van der Waals surface area contributed by atoms with Crippen molar-refractivity contribution in [3.05, 3.63) is 54.1 Å². The van der Waals surface area contributed by atoms with Crippen molar-refractivity contribution < 1.29 is 13.9 Å². The summed E-state index contributed by atoms with van der Waals surface area (Å²) in [6, 6.07) is 9.09. The van der Waals surface area contributed by atoms with E-state index in [1.165, 1.54) is 6.20 Å². The molecule has 0 saturated carbocycles. The molecule has 1 unspecified atom stereocenters. The number of pyridine rings is 1. The van der Waals surface area contributed by atoms with Crippen molar-refractivity contribution in [1.29, 1.82) is 0 Å². The number of nitrogens with one attached hydrogen (secondary N) is 1. The zero-order valence-electron chi connectivity index (χ0n) is 15.9. The highest BCUT2D eigenvalue weighted by atomic mass is 19.1. The lowest BCUT2D eigenvalue weighted by molar-refractivity contribution is 0.156. The number of benzene rings is 1. The van der Waals surface area contributed by atoms with Crippen molar-refractivity contribution in [2.24, 2.45) is 0 Å². The Kier molecular flexibility index (Phi) is 5.78. The smallest absolute Gasteiger partial charge is 0.318 e. The number of amides is 2. The summed E-state index contributed by atoms with van der Waals surface area (Å²) in [5.41, 5.74) is 1.50. The molecule has 2 aromatic rings. The maximum absolute atomic E-state index is 14.1. The SMILES string of the molecule is COc1cccc(CNC(=O)N2CCN(c3ccncc3F)[C@H](C)C2C)c1. The van der Waals surface area contributed by atoms with Gasteiger partial charge in [-0.1, -0.05) is 12.1 Å². The fourth-order valence-corrected chi connectivity index (χ4v) is 3.43. The van der Waals surface area contributed by atoms with Crippen LogP contribution < -0.4 is 15.0 Å². The van der Waals surface area contributed by atoms with Gasteiger partial charge in [0, 0.05) is 31.9 Å². The molecule has 144 valence electrons. The van der Waals surface area contributed by atoms with Crippen molar-refractivity contribution in [2.75, 3.05) is 25.1 Å². The van der Waals surface area contributed by atoms with E-state index in [0.717, 1.165) is 11.3 Å². The molecular weight excluding hydrogens is 347 g/mol. The van der Waals surface area contributed by atoms with Gasteiger partial charge in [-0.25, -0.2) is 9.18 Å². The summed E-state index contributed by atoms with van der Waals surface area (Å²) in [7, 11) is 1.62. The van der Waals surface area contributed by atoms with Gasteiger partial charge in [-0.3, -0.25) is 4.98 Å². The van der Waals surface area contributed by atoms with Gasteiger partial charge in [-0.2, -0.15) is 0 Å². The highest BCUT2D eigenvalue weighted by Crippen LogP contribution is 2.26. The lowest BCUT2D eigenvalue weighted by Gasteiger charge is -2.46. The molecule has 0 radical (unpaired) electrons. The van der Waals surface area contributed by atoms with Gasteiger partial charge >= 0.3 is 6.03 Å². The first-order valence-electron chi connectivity index (χ1n) is 9.05. The molecule has 6 nitrogen and oxygen atoms in total. The van der Waals surface area contributed by atoms with E-state index in [9.17, 15) is 9.18 Å². The number of nitrogens with zero attached hydrogens (tertiary/aromatic N) is 3. The Hall–Kier alpha value is -2.83. The fraction of sp³-hybridized carbons (Fsp3) is 0.400. The van der Waals surface area contributed by atoms with E-state index in [1.54, 1.807) is 24.3 Å². The van der Waals surface area contributed by atoms with Gasteiger partial charge in [0.25, 0.3) is 0 Å². The second-order valence-corrected chi connectivity index (χ2v) is 6.71. The van der Waals surface area contributed by atoms with E-state index in [2.05, 4.69) is 10.3 Å². The number of ether oxygens (including phenoxy) is 1. The Balaban J connectivity index is 1.63. The lowest BCUT2D eigenvalue weighted by atomic mass is 10.0. The van der Waals surface area contributed by atoms with Gasteiger partial charge in [0.1, 0.15) is 5.75 Å². The van der Waals surface area contributed by atoms with E-state index in [-0.39, 0.29) is 23.9 Å². The van der Waals surface area contributed by atoms with Crippen LogP contribution in [0.3, 0.4) is 0 Å². The minimum atomic E-state index is -0.340. The first-order chi connectivity index (χ1) is 13.0. The highest BCUT2D eigenvalue weighted by molar-refractivity contribution is 5.75. The number of piperazine rings is 1. The minimum absolute atomic E-state index is 0.0155. The second-order valence-electron chi connectivity index (χ2n) is 6.71. The second kappa shape index (κ2) is 8.24. The molecule has 2 atom stereocenters. The van der Waals surface area contributed by atoms with Crippen LogP contribution in [0.2, 0.25) is 0 Å². The molecule has 1 aromatic carbocycles. The van der Waals surface area contributed by atoms with Gasteiger partial charge < -0.3 is 19.9 Å². The van der Waals surface area contributed by atoms with Crippen molar-refractivity contribution >= 4 is 11.7 Å². The number of anilines is 1. The third-order valence-electron chi connectivity index (χ3n) is 5.16. The normalized spacial score (nSPS) is 19.7. The molecule has 2 heterocycles. The van der Waals surface area contributed by atoms with Crippen LogP contribution in [-0.2, 0) is 6.54 Å². The fourth-order valence-electron chi connectivity index (χ4n) is 3.43. The largest absolute Gasteiger partial charge is 0.497 e.